The van der Waals surface area contributed by atoms with Gasteiger partial charge in [-0.25, -0.2) is 0 Å². The molecule has 0 amide bonds. The molecule has 1 aromatic heterocycles. The molecule has 0 radical (unpaired) electrons. The summed E-state index contributed by atoms with van der Waals surface area (Å²) in [5, 5.41) is 7.77. The second kappa shape index (κ2) is 6.68. The Hall–Kier alpha value is -0.650. The molecule has 0 fully saturated rings. The zero-order chi connectivity index (χ0) is 13.8. The van der Waals surface area contributed by atoms with E-state index in [1.54, 1.807) is 0 Å². The summed E-state index contributed by atoms with van der Waals surface area (Å²) in [5.41, 5.74) is 2.40. The lowest BCUT2D eigenvalue weighted by Crippen LogP contribution is -2.21. The van der Waals surface area contributed by atoms with Gasteiger partial charge >= 0.3 is 0 Å². The van der Waals surface area contributed by atoms with Gasteiger partial charge in [-0.15, -0.1) is 0 Å². The van der Waals surface area contributed by atoms with Crippen molar-refractivity contribution in [2.24, 2.45) is 0 Å². The van der Waals surface area contributed by atoms with Crippen molar-refractivity contribution in [3.8, 4) is 0 Å². The number of halogens is 2. The van der Waals surface area contributed by atoms with E-state index in [-0.39, 0.29) is 6.04 Å². The fourth-order valence-corrected chi connectivity index (χ4v) is 3.54. The lowest BCUT2D eigenvalue weighted by molar-refractivity contribution is 0.534. The molecule has 1 N–H and O–H groups in total. The van der Waals surface area contributed by atoms with Crippen molar-refractivity contribution in [3.05, 3.63) is 50.7 Å². The Morgan fingerprint density at radius 3 is 2.53 bits per heavy atom. The Kier molecular flexibility index (Phi) is 5.19. The quantitative estimate of drug-likeness (QED) is 0.837. The van der Waals surface area contributed by atoms with Crippen LogP contribution in [0.5, 0.6) is 0 Å². The van der Waals surface area contributed by atoms with Crippen LogP contribution in [0, 0.1) is 0 Å². The lowest BCUT2D eigenvalue weighted by Gasteiger charge is -2.19. The molecule has 0 aliphatic rings. The fourth-order valence-electron chi connectivity index (χ4n) is 2.21. The minimum absolute atomic E-state index is 0.142. The SMILES string of the molecule is CCCn1nccc1C(NC)c1cc(Br)cc(Br)c1. The van der Waals surface area contributed by atoms with Gasteiger partial charge in [-0.2, -0.15) is 5.10 Å². The van der Waals surface area contributed by atoms with Crippen LogP contribution in [0.4, 0.5) is 0 Å². The normalized spacial score (nSPS) is 12.6. The molecule has 0 aliphatic heterocycles. The highest BCUT2D eigenvalue weighted by atomic mass is 79.9. The average molecular weight is 387 g/mol. The third-order valence-corrected chi connectivity index (χ3v) is 3.90. The first kappa shape index (κ1) is 14.8. The molecule has 19 heavy (non-hydrogen) atoms. The van der Waals surface area contributed by atoms with E-state index in [4.69, 9.17) is 0 Å². The standard InChI is InChI=1S/C14H17Br2N3/c1-3-6-19-13(4-5-18-19)14(17-2)10-7-11(15)9-12(16)8-10/h4-5,7-9,14,17H,3,6H2,1-2H3. The molecule has 0 saturated carbocycles. The van der Waals surface area contributed by atoms with E-state index in [1.165, 1.54) is 11.3 Å². The highest BCUT2D eigenvalue weighted by molar-refractivity contribution is 9.11. The van der Waals surface area contributed by atoms with Crippen molar-refractivity contribution in [1.29, 1.82) is 0 Å². The number of rotatable bonds is 5. The number of hydrogen-bond donors (Lipinski definition) is 1. The van der Waals surface area contributed by atoms with Crippen molar-refractivity contribution < 1.29 is 0 Å². The van der Waals surface area contributed by atoms with Crippen LogP contribution in [0.25, 0.3) is 0 Å². The number of benzene rings is 1. The summed E-state index contributed by atoms with van der Waals surface area (Å²) < 4.78 is 4.20. The number of aromatic nitrogens is 2. The van der Waals surface area contributed by atoms with Gasteiger partial charge in [0.2, 0.25) is 0 Å². The molecule has 1 heterocycles. The summed E-state index contributed by atoms with van der Waals surface area (Å²) in [5.74, 6) is 0. The molecule has 1 unspecified atom stereocenters. The first-order valence-corrected chi connectivity index (χ1v) is 7.89. The summed E-state index contributed by atoms with van der Waals surface area (Å²) in [6, 6.07) is 8.53. The zero-order valence-electron chi connectivity index (χ0n) is 11.0. The van der Waals surface area contributed by atoms with E-state index in [9.17, 15) is 0 Å². The van der Waals surface area contributed by atoms with Crippen molar-refractivity contribution in [3.63, 3.8) is 0 Å². The summed E-state index contributed by atoms with van der Waals surface area (Å²) in [6.07, 6.45) is 2.94. The Bertz CT molecular complexity index is 531. The van der Waals surface area contributed by atoms with Gasteiger partial charge < -0.3 is 5.32 Å². The van der Waals surface area contributed by atoms with Gasteiger partial charge in [0.15, 0.2) is 0 Å². The van der Waals surface area contributed by atoms with Gasteiger partial charge in [-0.1, -0.05) is 38.8 Å². The van der Waals surface area contributed by atoms with Crippen LogP contribution in [0.2, 0.25) is 0 Å². The monoisotopic (exact) mass is 385 g/mol. The zero-order valence-corrected chi connectivity index (χ0v) is 14.2. The molecular weight excluding hydrogens is 370 g/mol. The summed E-state index contributed by atoms with van der Waals surface area (Å²) in [7, 11) is 1.97. The minimum Gasteiger partial charge on any atom is -0.308 e. The third-order valence-electron chi connectivity index (χ3n) is 2.99. The highest BCUT2D eigenvalue weighted by Crippen LogP contribution is 2.28. The van der Waals surface area contributed by atoms with Crippen LogP contribution in [0.1, 0.15) is 30.6 Å². The fraction of sp³-hybridized carbons (Fsp3) is 0.357. The van der Waals surface area contributed by atoms with Crippen molar-refractivity contribution in [1.82, 2.24) is 15.1 Å². The minimum atomic E-state index is 0.142. The average Bonchev–Trinajstić information content (AvgIpc) is 2.78. The smallest absolute Gasteiger partial charge is 0.0746 e. The van der Waals surface area contributed by atoms with Crippen LogP contribution in [0.3, 0.4) is 0 Å². The summed E-state index contributed by atoms with van der Waals surface area (Å²) in [4.78, 5) is 0. The molecule has 0 aliphatic carbocycles. The molecule has 0 saturated heterocycles. The molecule has 3 nitrogen and oxygen atoms in total. The maximum absolute atomic E-state index is 4.40. The molecule has 0 bridgehead atoms. The topological polar surface area (TPSA) is 29.9 Å². The van der Waals surface area contributed by atoms with Crippen LogP contribution in [-0.4, -0.2) is 16.8 Å². The number of hydrogen-bond acceptors (Lipinski definition) is 2. The molecule has 1 atom stereocenters. The van der Waals surface area contributed by atoms with E-state index in [0.29, 0.717) is 0 Å². The van der Waals surface area contributed by atoms with E-state index in [0.717, 1.165) is 21.9 Å². The van der Waals surface area contributed by atoms with Crippen LogP contribution in [0.15, 0.2) is 39.4 Å². The van der Waals surface area contributed by atoms with Gasteiger partial charge in [0.05, 0.1) is 11.7 Å². The van der Waals surface area contributed by atoms with Crippen LogP contribution < -0.4 is 5.32 Å². The van der Waals surface area contributed by atoms with Gasteiger partial charge in [0.25, 0.3) is 0 Å². The predicted molar refractivity (Wildman–Crippen MR) is 85.3 cm³/mol. The second-order valence-corrected chi connectivity index (χ2v) is 6.24. The van der Waals surface area contributed by atoms with Gasteiger partial charge in [0, 0.05) is 21.7 Å². The van der Waals surface area contributed by atoms with Gasteiger partial charge in [-0.3, -0.25) is 4.68 Å². The van der Waals surface area contributed by atoms with Gasteiger partial charge in [0.1, 0.15) is 0 Å². The van der Waals surface area contributed by atoms with E-state index in [1.807, 2.05) is 19.3 Å². The first-order chi connectivity index (χ1) is 9.15. The van der Waals surface area contributed by atoms with Crippen molar-refractivity contribution >= 4 is 31.9 Å². The van der Waals surface area contributed by atoms with E-state index < -0.39 is 0 Å². The van der Waals surface area contributed by atoms with E-state index >= 15 is 0 Å². The lowest BCUT2D eigenvalue weighted by atomic mass is 10.0. The maximum Gasteiger partial charge on any atom is 0.0746 e. The van der Waals surface area contributed by atoms with Gasteiger partial charge in [-0.05, 0) is 43.3 Å². The highest BCUT2D eigenvalue weighted by Gasteiger charge is 2.17. The maximum atomic E-state index is 4.40. The number of nitrogens with zero attached hydrogens (tertiary/aromatic N) is 2. The molecular formula is C14H17Br2N3. The molecule has 2 rings (SSSR count). The Morgan fingerprint density at radius 2 is 1.95 bits per heavy atom. The molecule has 1 aromatic carbocycles. The van der Waals surface area contributed by atoms with Crippen LogP contribution in [-0.2, 0) is 6.54 Å². The predicted octanol–water partition coefficient (Wildman–Crippen LogP) is 4.13. The molecule has 102 valence electrons. The molecule has 5 heteroatoms. The summed E-state index contributed by atoms with van der Waals surface area (Å²) >= 11 is 7.09. The summed E-state index contributed by atoms with van der Waals surface area (Å²) in [6.45, 7) is 3.10. The Labute approximate surface area is 130 Å². The molecule has 0 spiro atoms. The van der Waals surface area contributed by atoms with E-state index in [2.05, 4.69) is 72.1 Å². The Morgan fingerprint density at radius 1 is 1.26 bits per heavy atom. The van der Waals surface area contributed by atoms with Crippen LogP contribution >= 0.6 is 31.9 Å². The largest absolute Gasteiger partial charge is 0.308 e. The van der Waals surface area contributed by atoms with Crippen molar-refractivity contribution in [2.75, 3.05) is 7.05 Å². The third kappa shape index (κ3) is 3.46. The second-order valence-electron chi connectivity index (χ2n) is 4.40. The van der Waals surface area contributed by atoms with Crippen molar-refractivity contribution in [2.45, 2.75) is 25.9 Å². The number of aryl methyl sites for hydroxylation is 1. The first-order valence-electron chi connectivity index (χ1n) is 6.30. The Balaban J connectivity index is 2.40. The molecule has 2 aromatic rings. The number of nitrogens with one attached hydrogen (secondary N) is 1.